The number of fused-ring (bicyclic) bond motifs is 3. The van der Waals surface area contributed by atoms with Gasteiger partial charge in [-0.25, -0.2) is 0 Å². The van der Waals surface area contributed by atoms with Crippen molar-refractivity contribution in [1.82, 2.24) is 14.0 Å². The van der Waals surface area contributed by atoms with Gasteiger partial charge in [0.25, 0.3) is 17.7 Å². The first-order valence-corrected chi connectivity index (χ1v) is 19.5. The van der Waals surface area contributed by atoms with E-state index in [9.17, 15) is 19.2 Å². The van der Waals surface area contributed by atoms with Crippen LogP contribution in [-0.4, -0.2) is 63.6 Å². The molecule has 0 saturated heterocycles. The molecule has 4 aromatic carbocycles. The van der Waals surface area contributed by atoms with Crippen molar-refractivity contribution in [3.8, 4) is 22.6 Å². The van der Waals surface area contributed by atoms with Crippen molar-refractivity contribution in [2.24, 2.45) is 19.1 Å². The number of anilines is 4. The molecule has 1 atom stereocenters. The number of carbonyl (C=O) groups is 4. The molecule has 60 heavy (non-hydrogen) atoms. The third-order valence-electron chi connectivity index (χ3n) is 10.7. The van der Waals surface area contributed by atoms with E-state index in [1.807, 2.05) is 47.6 Å². The highest BCUT2D eigenvalue weighted by Gasteiger charge is 2.33. The third kappa shape index (κ3) is 8.34. The third-order valence-corrected chi connectivity index (χ3v) is 10.7. The van der Waals surface area contributed by atoms with Crippen molar-refractivity contribution in [2.75, 3.05) is 35.4 Å². The van der Waals surface area contributed by atoms with E-state index in [2.05, 4.69) is 33.1 Å². The number of nitrogens with zero attached hydrogens (tertiary/aromatic N) is 4. The van der Waals surface area contributed by atoms with E-state index < -0.39 is 0 Å². The maximum atomic E-state index is 13.7. The van der Waals surface area contributed by atoms with Crippen LogP contribution in [0.5, 0.6) is 11.5 Å². The van der Waals surface area contributed by atoms with Gasteiger partial charge in [-0.1, -0.05) is 36.4 Å². The number of aryl methyl sites for hydroxylation is 2. The maximum Gasteiger partial charge on any atom is 0.272 e. The van der Waals surface area contributed by atoms with Crippen LogP contribution in [0.2, 0.25) is 0 Å². The van der Waals surface area contributed by atoms with Crippen LogP contribution < -0.4 is 31.2 Å². The number of benzene rings is 4. The minimum Gasteiger partial charge on any atom is -0.493 e. The minimum absolute atomic E-state index is 0.113. The minimum atomic E-state index is -0.345. The van der Waals surface area contributed by atoms with Crippen LogP contribution in [0.4, 0.5) is 28.4 Å². The Morgan fingerprint density at radius 3 is 2.15 bits per heavy atom. The number of ether oxygens (including phenoxy) is 2. The highest BCUT2D eigenvalue weighted by molar-refractivity contribution is 6.06. The van der Waals surface area contributed by atoms with E-state index >= 15 is 0 Å². The van der Waals surface area contributed by atoms with Crippen molar-refractivity contribution < 1.29 is 28.7 Å². The Morgan fingerprint density at radius 1 is 0.767 bits per heavy atom. The van der Waals surface area contributed by atoms with Gasteiger partial charge in [-0.05, 0) is 84.1 Å². The zero-order valence-electron chi connectivity index (χ0n) is 33.4. The molecule has 2 aromatic heterocycles. The van der Waals surface area contributed by atoms with Crippen LogP contribution in [0.15, 0.2) is 114 Å². The fourth-order valence-electron chi connectivity index (χ4n) is 7.47. The molecule has 0 fully saturated rings. The fourth-order valence-corrected chi connectivity index (χ4v) is 7.47. The summed E-state index contributed by atoms with van der Waals surface area (Å²) in [6.45, 7) is 0.728. The fraction of sp³-hybridized carbons (Fsp3) is 0.196. The number of hydrogen-bond donors (Lipinski definition) is 4. The van der Waals surface area contributed by atoms with Gasteiger partial charge in [0.15, 0.2) is 11.5 Å². The number of aromatic nitrogens is 2. The summed E-state index contributed by atoms with van der Waals surface area (Å²) in [6.07, 6.45) is 6.64. The van der Waals surface area contributed by atoms with Gasteiger partial charge in [-0.2, -0.15) is 0 Å². The lowest BCUT2D eigenvalue weighted by Crippen LogP contribution is -2.44. The van der Waals surface area contributed by atoms with Gasteiger partial charge >= 0.3 is 0 Å². The molecule has 4 heterocycles. The summed E-state index contributed by atoms with van der Waals surface area (Å²) in [7, 11) is 5.06. The first-order chi connectivity index (χ1) is 29.0. The zero-order chi connectivity index (χ0) is 41.9. The molecule has 0 bridgehead atoms. The van der Waals surface area contributed by atoms with E-state index in [1.54, 1.807) is 84.0 Å². The Balaban J connectivity index is 0.825. The largest absolute Gasteiger partial charge is 0.493 e. The molecule has 2 aliphatic heterocycles. The predicted molar refractivity (Wildman–Crippen MR) is 231 cm³/mol. The number of methoxy groups -OCH3 is 1. The van der Waals surface area contributed by atoms with Crippen LogP contribution in [0.25, 0.3) is 11.1 Å². The summed E-state index contributed by atoms with van der Waals surface area (Å²) < 4.78 is 15.0. The molecule has 0 radical (unpaired) electrons. The molecule has 6 aromatic rings. The molecule has 14 heteroatoms. The van der Waals surface area contributed by atoms with Gasteiger partial charge < -0.3 is 45.2 Å². The molecule has 0 aliphatic carbocycles. The van der Waals surface area contributed by atoms with Gasteiger partial charge in [0.1, 0.15) is 11.4 Å². The van der Waals surface area contributed by atoms with Gasteiger partial charge in [0.2, 0.25) is 5.91 Å². The van der Waals surface area contributed by atoms with Crippen molar-refractivity contribution in [3.05, 3.63) is 138 Å². The number of rotatable bonds is 12. The first kappa shape index (κ1) is 39.2. The highest BCUT2D eigenvalue weighted by atomic mass is 16.5. The number of nitrogen functional groups attached to an aromatic ring is 1. The quantitative estimate of drug-likeness (QED) is 0.0747. The number of carbonyl (C=O) groups excluding carboxylic acids is 4. The molecule has 0 spiro atoms. The predicted octanol–water partition coefficient (Wildman–Crippen LogP) is 7.21. The van der Waals surface area contributed by atoms with E-state index in [-0.39, 0.29) is 42.7 Å². The Kier molecular flexibility index (Phi) is 10.9. The average Bonchev–Trinajstić information content (AvgIpc) is 3.79. The summed E-state index contributed by atoms with van der Waals surface area (Å²) in [6, 6.07) is 29.1. The number of amides is 4. The highest BCUT2D eigenvalue weighted by Crippen LogP contribution is 2.38. The second-order valence-corrected chi connectivity index (χ2v) is 14.8. The van der Waals surface area contributed by atoms with E-state index in [1.165, 1.54) is 12.7 Å². The first-order valence-electron chi connectivity index (χ1n) is 19.5. The van der Waals surface area contributed by atoms with Crippen molar-refractivity contribution in [3.63, 3.8) is 0 Å². The summed E-state index contributed by atoms with van der Waals surface area (Å²) in [5.74, 6) is -0.101. The van der Waals surface area contributed by atoms with Crippen LogP contribution >= 0.6 is 0 Å². The molecular weight excluding hydrogens is 761 g/mol. The Bertz CT molecular complexity index is 2640. The molecule has 8 rings (SSSR count). The Morgan fingerprint density at radius 2 is 1.43 bits per heavy atom. The van der Waals surface area contributed by atoms with Gasteiger partial charge in [0, 0.05) is 74.4 Å². The summed E-state index contributed by atoms with van der Waals surface area (Å²) in [5.41, 5.74) is 13.9. The standard InChI is InChI=1S/C46H44N8O6/c1-52-25-31(20-39(52)44(56)51-34-16-12-32(47)13-17-34)28-10-14-33(15-11-28)50-45(57)40-21-35(27-53(40)2)49-43(55)9-6-18-60-42-23-38-37(22-41(42)59-3)46(58)54-26-30-8-5-4-7-29(30)19-36(54)24-48-38/h4-5,7-8,10-17,20-25,27,36H,6,9,18-19,26,47H2,1-3H3,(H,49,55)(H,50,57)(H,51,56)/t36-/m0/s1. The zero-order valence-corrected chi connectivity index (χ0v) is 33.4. The number of nitrogens with one attached hydrogen (secondary N) is 3. The lowest BCUT2D eigenvalue weighted by molar-refractivity contribution is -0.116. The summed E-state index contributed by atoms with van der Waals surface area (Å²) in [5, 5.41) is 8.66. The van der Waals surface area contributed by atoms with Crippen molar-refractivity contribution in [1.29, 1.82) is 0 Å². The van der Waals surface area contributed by atoms with Crippen molar-refractivity contribution >= 4 is 58.3 Å². The summed E-state index contributed by atoms with van der Waals surface area (Å²) >= 11 is 0. The Labute approximate surface area is 346 Å². The second kappa shape index (κ2) is 16.7. The maximum absolute atomic E-state index is 13.7. The van der Waals surface area contributed by atoms with E-state index in [0.717, 1.165) is 16.7 Å². The number of nitrogens with two attached hydrogens (primary N) is 1. The SMILES string of the molecule is COc1cc2c(cc1OCCCC(=O)Nc1cc(C(=O)Nc3ccc(-c4cc(C(=O)Nc5ccc(N)cc5)n(C)c4)cc3)n(C)c1)N=C[C@@H]1Cc3ccccc3CN1C2=O. The van der Waals surface area contributed by atoms with E-state index in [0.29, 0.717) is 76.3 Å². The van der Waals surface area contributed by atoms with Crippen LogP contribution in [-0.2, 0) is 31.9 Å². The van der Waals surface area contributed by atoms with Crippen molar-refractivity contribution in [2.45, 2.75) is 31.8 Å². The summed E-state index contributed by atoms with van der Waals surface area (Å²) in [4.78, 5) is 59.3. The molecule has 14 nitrogen and oxygen atoms in total. The second-order valence-electron chi connectivity index (χ2n) is 14.8. The molecule has 304 valence electrons. The van der Waals surface area contributed by atoms with Gasteiger partial charge in [-0.15, -0.1) is 0 Å². The van der Waals surface area contributed by atoms with Gasteiger partial charge in [0.05, 0.1) is 36.7 Å². The van der Waals surface area contributed by atoms with Crippen LogP contribution in [0.3, 0.4) is 0 Å². The Hall–Kier alpha value is -7.61. The topological polar surface area (TPSA) is 174 Å². The smallest absolute Gasteiger partial charge is 0.272 e. The lowest BCUT2D eigenvalue weighted by atomic mass is 9.94. The lowest BCUT2D eigenvalue weighted by Gasteiger charge is -2.34. The van der Waals surface area contributed by atoms with Crippen LogP contribution in [0, 0.1) is 0 Å². The molecule has 2 aliphatic rings. The molecule has 0 saturated carbocycles. The number of hydrogen-bond acceptors (Lipinski definition) is 8. The molecule has 0 unspecified atom stereocenters. The molecule has 5 N–H and O–H groups in total. The number of aliphatic imine (C=N–C) groups is 1. The normalized spacial score (nSPS) is 14.0. The van der Waals surface area contributed by atoms with Gasteiger partial charge in [-0.3, -0.25) is 24.2 Å². The molecular formula is C46H44N8O6. The monoisotopic (exact) mass is 804 g/mol. The van der Waals surface area contributed by atoms with Crippen LogP contribution in [0.1, 0.15) is 55.3 Å². The average molecular weight is 805 g/mol. The molecule has 4 amide bonds. The van der Waals surface area contributed by atoms with E-state index in [4.69, 9.17) is 15.2 Å².